The zero-order valence-corrected chi connectivity index (χ0v) is 12.6. The minimum Gasteiger partial charge on any atom is -0.320 e. The largest absolute Gasteiger partial charge is 0.320 e. The topological polar surface area (TPSA) is 90.0 Å². The summed E-state index contributed by atoms with van der Waals surface area (Å²) in [6, 6.07) is 6.57. The van der Waals surface area contributed by atoms with E-state index in [1.165, 1.54) is 16.9 Å². The lowest BCUT2D eigenvalue weighted by molar-refractivity contribution is 0.600. The molecule has 1 aromatic carbocycles. The summed E-state index contributed by atoms with van der Waals surface area (Å²) in [7, 11) is -2.08. The molecular formula is C14H16N4O2S. The quantitative estimate of drug-likeness (QED) is 0.822. The Bertz CT molecular complexity index is 813. The van der Waals surface area contributed by atoms with Crippen molar-refractivity contribution in [3.63, 3.8) is 0 Å². The van der Waals surface area contributed by atoms with Crippen LogP contribution in [0.2, 0.25) is 0 Å². The number of nitrogens with two attached hydrogens (primary N) is 1. The van der Waals surface area contributed by atoms with E-state index >= 15 is 0 Å². The van der Waals surface area contributed by atoms with Crippen LogP contribution in [0.1, 0.15) is 11.1 Å². The van der Waals surface area contributed by atoms with Crippen molar-refractivity contribution in [3.05, 3.63) is 41.6 Å². The summed E-state index contributed by atoms with van der Waals surface area (Å²) < 4.78 is 28.9. The van der Waals surface area contributed by atoms with E-state index in [0.717, 1.165) is 5.56 Å². The van der Waals surface area contributed by atoms with Crippen LogP contribution in [0.5, 0.6) is 0 Å². The maximum absolute atomic E-state index is 12.5. The minimum atomic E-state index is -3.74. The van der Waals surface area contributed by atoms with Gasteiger partial charge in [-0.15, -0.1) is 0 Å². The number of nitrogens with one attached hydrogen (secondary N) is 1. The highest BCUT2D eigenvalue weighted by molar-refractivity contribution is 7.92. The number of hydrogen-bond donors (Lipinski definition) is 2. The number of hydrogen-bond acceptors (Lipinski definition) is 4. The molecule has 7 heteroatoms. The first kappa shape index (κ1) is 15.1. The molecule has 110 valence electrons. The average molecular weight is 304 g/mol. The predicted molar refractivity (Wildman–Crippen MR) is 81.1 cm³/mol. The van der Waals surface area contributed by atoms with Crippen molar-refractivity contribution in [3.8, 4) is 11.8 Å². The lowest BCUT2D eigenvalue weighted by atomic mass is 10.1. The predicted octanol–water partition coefficient (Wildman–Crippen LogP) is 0.840. The molecule has 0 spiro atoms. The van der Waals surface area contributed by atoms with Gasteiger partial charge in [0, 0.05) is 18.7 Å². The molecule has 2 rings (SSSR count). The smallest absolute Gasteiger partial charge is 0.264 e. The lowest BCUT2D eigenvalue weighted by Crippen LogP contribution is -2.16. The number of rotatable bonds is 3. The van der Waals surface area contributed by atoms with E-state index in [1.807, 2.05) is 6.92 Å². The van der Waals surface area contributed by atoms with Crippen molar-refractivity contribution in [1.82, 2.24) is 9.78 Å². The van der Waals surface area contributed by atoms with Gasteiger partial charge in [-0.05, 0) is 24.6 Å². The molecule has 3 N–H and O–H groups in total. The molecule has 2 aromatic rings. The lowest BCUT2D eigenvalue weighted by Gasteiger charge is -2.10. The summed E-state index contributed by atoms with van der Waals surface area (Å²) in [5.41, 5.74) is 6.71. The van der Waals surface area contributed by atoms with Crippen LogP contribution in [0.25, 0.3) is 0 Å². The van der Waals surface area contributed by atoms with Gasteiger partial charge in [0.1, 0.15) is 10.7 Å². The highest BCUT2D eigenvalue weighted by atomic mass is 32.2. The van der Waals surface area contributed by atoms with Crippen molar-refractivity contribution in [2.75, 3.05) is 11.3 Å². The molecule has 6 nitrogen and oxygen atoms in total. The maximum Gasteiger partial charge on any atom is 0.264 e. The van der Waals surface area contributed by atoms with Gasteiger partial charge in [-0.25, -0.2) is 8.42 Å². The highest BCUT2D eigenvalue weighted by Gasteiger charge is 2.19. The fourth-order valence-corrected chi connectivity index (χ4v) is 3.02. The molecule has 0 radical (unpaired) electrons. The van der Waals surface area contributed by atoms with Gasteiger partial charge < -0.3 is 5.73 Å². The number of sulfonamides is 1. The van der Waals surface area contributed by atoms with Crippen LogP contribution in [0, 0.1) is 18.8 Å². The van der Waals surface area contributed by atoms with Crippen molar-refractivity contribution in [2.24, 2.45) is 12.8 Å². The standard InChI is InChI=1S/C14H16N4O2S/c1-11-5-6-13(12(10-11)4-3-8-15)21(19,20)17-14-7-9-16-18(14)2/h5-7,9-10,17H,8,15H2,1-2H3. The molecule has 0 atom stereocenters. The molecule has 0 aliphatic carbocycles. The molecular weight excluding hydrogens is 288 g/mol. The van der Waals surface area contributed by atoms with Gasteiger partial charge in [0.2, 0.25) is 0 Å². The van der Waals surface area contributed by atoms with Gasteiger partial charge >= 0.3 is 0 Å². The van der Waals surface area contributed by atoms with Gasteiger partial charge in [0.15, 0.2) is 0 Å². The van der Waals surface area contributed by atoms with Crippen molar-refractivity contribution < 1.29 is 8.42 Å². The first-order valence-corrected chi connectivity index (χ1v) is 7.73. The van der Waals surface area contributed by atoms with Crippen LogP contribution in [-0.2, 0) is 17.1 Å². The highest BCUT2D eigenvalue weighted by Crippen LogP contribution is 2.20. The van der Waals surface area contributed by atoms with Gasteiger partial charge in [0.25, 0.3) is 10.0 Å². The van der Waals surface area contributed by atoms with Crippen LogP contribution < -0.4 is 10.5 Å². The maximum atomic E-state index is 12.5. The van der Waals surface area contributed by atoms with Gasteiger partial charge in [-0.1, -0.05) is 17.9 Å². The third-order valence-corrected chi connectivity index (χ3v) is 4.22. The Balaban J connectivity index is 2.47. The fourth-order valence-electron chi connectivity index (χ4n) is 1.79. The molecule has 0 aliphatic heterocycles. The number of aromatic nitrogens is 2. The number of nitrogens with zero attached hydrogens (tertiary/aromatic N) is 2. The van der Waals surface area contributed by atoms with Crippen molar-refractivity contribution in [1.29, 1.82) is 0 Å². The third-order valence-electron chi connectivity index (χ3n) is 2.81. The number of anilines is 1. The first-order chi connectivity index (χ1) is 9.94. The summed E-state index contributed by atoms with van der Waals surface area (Å²) in [5, 5.41) is 3.93. The van der Waals surface area contributed by atoms with Crippen LogP contribution in [0.15, 0.2) is 35.4 Å². The average Bonchev–Trinajstić information content (AvgIpc) is 2.81. The van der Waals surface area contributed by atoms with E-state index in [-0.39, 0.29) is 11.4 Å². The fraction of sp³-hybridized carbons (Fsp3) is 0.214. The summed E-state index contributed by atoms with van der Waals surface area (Å²) in [6.07, 6.45) is 1.52. The molecule has 21 heavy (non-hydrogen) atoms. The van der Waals surface area contributed by atoms with Crippen molar-refractivity contribution in [2.45, 2.75) is 11.8 Å². The SMILES string of the molecule is Cc1ccc(S(=O)(=O)Nc2ccnn2C)c(C#CCN)c1. The van der Waals surface area contributed by atoms with E-state index < -0.39 is 10.0 Å². The Morgan fingerprint density at radius 3 is 2.76 bits per heavy atom. The Kier molecular flexibility index (Phi) is 4.31. The molecule has 0 saturated heterocycles. The molecule has 1 heterocycles. The van der Waals surface area contributed by atoms with E-state index in [9.17, 15) is 8.42 Å². The van der Waals surface area contributed by atoms with E-state index in [1.54, 1.807) is 25.2 Å². The van der Waals surface area contributed by atoms with Gasteiger partial charge in [-0.2, -0.15) is 5.10 Å². The summed E-state index contributed by atoms with van der Waals surface area (Å²) >= 11 is 0. The van der Waals surface area contributed by atoms with Crippen molar-refractivity contribution >= 4 is 15.8 Å². The monoisotopic (exact) mass is 304 g/mol. The number of aryl methyl sites for hydroxylation is 2. The summed E-state index contributed by atoms with van der Waals surface area (Å²) in [6.45, 7) is 2.04. The Morgan fingerprint density at radius 2 is 2.14 bits per heavy atom. The minimum absolute atomic E-state index is 0.121. The zero-order chi connectivity index (χ0) is 15.5. The summed E-state index contributed by atoms with van der Waals surface area (Å²) in [4.78, 5) is 0.121. The Morgan fingerprint density at radius 1 is 1.38 bits per heavy atom. The molecule has 0 unspecified atom stereocenters. The van der Waals surface area contributed by atoms with E-state index in [4.69, 9.17) is 5.73 Å². The summed E-state index contributed by atoms with van der Waals surface area (Å²) in [5.74, 6) is 5.86. The second-order valence-electron chi connectivity index (χ2n) is 4.45. The normalized spacial score (nSPS) is 10.8. The molecule has 1 aromatic heterocycles. The van der Waals surface area contributed by atoms with Gasteiger partial charge in [0.05, 0.1) is 12.7 Å². The Hall–Kier alpha value is -2.30. The van der Waals surface area contributed by atoms with Crippen LogP contribution >= 0.6 is 0 Å². The Labute approximate surface area is 124 Å². The first-order valence-electron chi connectivity index (χ1n) is 6.24. The second-order valence-corrected chi connectivity index (χ2v) is 6.10. The van der Waals surface area contributed by atoms with E-state index in [0.29, 0.717) is 11.4 Å². The third kappa shape index (κ3) is 3.42. The van der Waals surface area contributed by atoms with Crippen LogP contribution in [-0.4, -0.2) is 24.7 Å². The van der Waals surface area contributed by atoms with Crippen LogP contribution in [0.3, 0.4) is 0 Å². The zero-order valence-electron chi connectivity index (χ0n) is 11.8. The number of benzene rings is 1. The molecule has 0 aliphatic rings. The van der Waals surface area contributed by atoms with Crippen LogP contribution in [0.4, 0.5) is 5.82 Å². The molecule has 0 saturated carbocycles. The van der Waals surface area contributed by atoms with Gasteiger partial charge in [-0.3, -0.25) is 9.40 Å². The molecule has 0 bridgehead atoms. The molecule has 0 fully saturated rings. The second kappa shape index (κ2) is 5.99. The van der Waals surface area contributed by atoms with E-state index in [2.05, 4.69) is 21.7 Å². The molecule has 0 amide bonds.